The average molecular weight is 330 g/mol. The fourth-order valence-electron chi connectivity index (χ4n) is 2.19. The zero-order chi connectivity index (χ0) is 17.5. The Labute approximate surface area is 141 Å². The van der Waals surface area contributed by atoms with Gasteiger partial charge in [0.2, 0.25) is 0 Å². The van der Waals surface area contributed by atoms with Crippen molar-refractivity contribution in [3.8, 4) is 17.2 Å². The van der Waals surface area contributed by atoms with E-state index in [1.807, 2.05) is 24.3 Å². The first kappa shape index (κ1) is 17.5. The van der Waals surface area contributed by atoms with Crippen LogP contribution in [0.5, 0.6) is 17.2 Å². The molecule has 2 aromatic rings. The van der Waals surface area contributed by atoms with Gasteiger partial charge in [0.25, 0.3) is 5.91 Å². The lowest BCUT2D eigenvalue weighted by Gasteiger charge is -2.13. The lowest BCUT2D eigenvalue weighted by atomic mass is 10.2. The van der Waals surface area contributed by atoms with Gasteiger partial charge in [0.15, 0.2) is 18.1 Å². The molecule has 3 N–H and O–H groups in total. The number of nitrogens with two attached hydrogens (primary N) is 1. The Kier molecular flexibility index (Phi) is 5.89. The molecule has 0 heterocycles. The van der Waals surface area contributed by atoms with Gasteiger partial charge in [-0.1, -0.05) is 19.1 Å². The van der Waals surface area contributed by atoms with Crippen molar-refractivity contribution in [3.63, 3.8) is 0 Å². The van der Waals surface area contributed by atoms with Crippen LogP contribution in [-0.4, -0.2) is 26.7 Å². The Bertz CT molecular complexity index is 716. The van der Waals surface area contributed by atoms with Crippen molar-refractivity contribution in [1.82, 2.24) is 0 Å². The number of aryl methyl sites for hydroxylation is 1. The van der Waals surface area contributed by atoms with Crippen molar-refractivity contribution in [1.29, 1.82) is 0 Å². The third-order valence-electron chi connectivity index (χ3n) is 3.51. The Morgan fingerprint density at radius 1 is 1.12 bits per heavy atom. The number of anilines is 2. The molecule has 0 saturated carbocycles. The Hall–Kier alpha value is -2.89. The maximum absolute atomic E-state index is 12.1. The second-order valence-corrected chi connectivity index (χ2v) is 5.13. The Balaban J connectivity index is 2.01. The highest BCUT2D eigenvalue weighted by Crippen LogP contribution is 2.34. The van der Waals surface area contributed by atoms with E-state index in [0.717, 1.165) is 12.0 Å². The Morgan fingerprint density at radius 2 is 1.83 bits per heavy atom. The van der Waals surface area contributed by atoms with Gasteiger partial charge in [-0.05, 0) is 24.1 Å². The number of carbonyl (C=O) groups excluding carboxylic acids is 1. The van der Waals surface area contributed by atoms with E-state index < -0.39 is 0 Å². The quantitative estimate of drug-likeness (QED) is 0.763. The molecular weight excluding hydrogens is 308 g/mol. The van der Waals surface area contributed by atoms with Crippen molar-refractivity contribution in [2.75, 3.05) is 31.9 Å². The first-order chi connectivity index (χ1) is 11.6. The standard InChI is InChI=1S/C18H22N2O4/c1-4-12-6-5-7-13(8-12)24-11-18(21)20-15-10-17(23-3)16(22-2)9-14(15)19/h5-10H,4,11,19H2,1-3H3,(H,20,21). The van der Waals surface area contributed by atoms with Gasteiger partial charge < -0.3 is 25.3 Å². The highest BCUT2D eigenvalue weighted by atomic mass is 16.5. The molecule has 0 unspecified atom stereocenters. The molecule has 0 aliphatic carbocycles. The molecule has 6 heteroatoms. The van der Waals surface area contributed by atoms with E-state index in [2.05, 4.69) is 12.2 Å². The number of nitrogen functional groups attached to an aromatic ring is 1. The van der Waals surface area contributed by atoms with E-state index in [1.165, 1.54) is 14.2 Å². The molecule has 128 valence electrons. The number of amides is 1. The lowest BCUT2D eigenvalue weighted by Crippen LogP contribution is -2.21. The predicted molar refractivity (Wildman–Crippen MR) is 93.9 cm³/mol. The summed E-state index contributed by atoms with van der Waals surface area (Å²) in [5.74, 6) is 1.33. The van der Waals surface area contributed by atoms with E-state index >= 15 is 0 Å². The third kappa shape index (κ3) is 4.32. The van der Waals surface area contributed by atoms with Crippen LogP contribution in [0.25, 0.3) is 0 Å². The smallest absolute Gasteiger partial charge is 0.262 e. The van der Waals surface area contributed by atoms with Gasteiger partial charge in [-0.25, -0.2) is 0 Å². The van der Waals surface area contributed by atoms with Gasteiger partial charge >= 0.3 is 0 Å². The number of rotatable bonds is 7. The van der Waals surface area contributed by atoms with E-state index in [1.54, 1.807) is 12.1 Å². The molecule has 0 radical (unpaired) electrons. The number of hydrogen-bond acceptors (Lipinski definition) is 5. The van der Waals surface area contributed by atoms with Crippen LogP contribution in [0.15, 0.2) is 36.4 Å². The second kappa shape index (κ2) is 8.10. The summed E-state index contributed by atoms with van der Waals surface area (Å²) >= 11 is 0. The minimum atomic E-state index is -0.309. The first-order valence-electron chi connectivity index (χ1n) is 7.60. The molecule has 0 aliphatic heterocycles. The first-order valence-corrected chi connectivity index (χ1v) is 7.60. The van der Waals surface area contributed by atoms with Gasteiger partial charge in [0, 0.05) is 12.1 Å². The minimum Gasteiger partial charge on any atom is -0.493 e. The van der Waals surface area contributed by atoms with Crippen molar-refractivity contribution >= 4 is 17.3 Å². The van der Waals surface area contributed by atoms with Crippen LogP contribution in [0, 0.1) is 0 Å². The normalized spacial score (nSPS) is 10.1. The topological polar surface area (TPSA) is 82.8 Å². The minimum absolute atomic E-state index is 0.110. The summed E-state index contributed by atoms with van der Waals surface area (Å²) in [6, 6.07) is 10.9. The van der Waals surface area contributed by atoms with Gasteiger partial charge in [0.05, 0.1) is 25.6 Å². The molecule has 1 amide bonds. The number of hydrogen-bond donors (Lipinski definition) is 2. The molecule has 0 spiro atoms. The van der Waals surface area contributed by atoms with Crippen LogP contribution >= 0.6 is 0 Å². The predicted octanol–water partition coefficient (Wildman–Crippen LogP) is 2.87. The average Bonchev–Trinajstić information content (AvgIpc) is 2.61. The van der Waals surface area contributed by atoms with Gasteiger partial charge in [0.1, 0.15) is 5.75 Å². The van der Waals surface area contributed by atoms with Crippen molar-refractivity contribution in [3.05, 3.63) is 42.0 Å². The third-order valence-corrected chi connectivity index (χ3v) is 3.51. The lowest BCUT2D eigenvalue weighted by molar-refractivity contribution is -0.118. The van der Waals surface area contributed by atoms with Crippen molar-refractivity contribution < 1.29 is 19.0 Å². The fourth-order valence-corrected chi connectivity index (χ4v) is 2.19. The summed E-state index contributed by atoms with van der Waals surface area (Å²) in [5, 5.41) is 2.71. The molecule has 0 aromatic heterocycles. The maximum Gasteiger partial charge on any atom is 0.262 e. The van der Waals surface area contributed by atoms with Gasteiger partial charge in [-0.15, -0.1) is 0 Å². The summed E-state index contributed by atoms with van der Waals surface area (Å²) in [7, 11) is 3.04. The molecule has 2 aromatic carbocycles. The van der Waals surface area contributed by atoms with Gasteiger partial charge in [-0.3, -0.25) is 4.79 Å². The van der Waals surface area contributed by atoms with Crippen LogP contribution in [0.2, 0.25) is 0 Å². The highest BCUT2D eigenvalue weighted by Gasteiger charge is 2.12. The number of methoxy groups -OCH3 is 2. The van der Waals surface area contributed by atoms with E-state index in [0.29, 0.717) is 28.6 Å². The second-order valence-electron chi connectivity index (χ2n) is 5.13. The largest absolute Gasteiger partial charge is 0.493 e. The summed E-state index contributed by atoms with van der Waals surface area (Å²) in [6.45, 7) is 1.95. The zero-order valence-electron chi connectivity index (χ0n) is 14.1. The molecular formula is C18H22N2O4. The van der Waals surface area contributed by atoms with E-state index in [4.69, 9.17) is 19.9 Å². The molecule has 0 fully saturated rings. The van der Waals surface area contributed by atoms with Crippen LogP contribution < -0.4 is 25.3 Å². The van der Waals surface area contributed by atoms with E-state index in [9.17, 15) is 4.79 Å². The van der Waals surface area contributed by atoms with Crippen molar-refractivity contribution in [2.24, 2.45) is 0 Å². The molecule has 0 saturated heterocycles. The zero-order valence-corrected chi connectivity index (χ0v) is 14.1. The summed E-state index contributed by atoms with van der Waals surface area (Å²) in [4.78, 5) is 12.1. The van der Waals surface area contributed by atoms with Crippen LogP contribution in [-0.2, 0) is 11.2 Å². The molecule has 0 bridgehead atoms. The Morgan fingerprint density at radius 3 is 2.50 bits per heavy atom. The SMILES string of the molecule is CCc1cccc(OCC(=O)Nc2cc(OC)c(OC)cc2N)c1. The maximum atomic E-state index is 12.1. The molecule has 0 atom stereocenters. The van der Waals surface area contributed by atoms with Crippen LogP contribution in [0.3, 0.4) is 0 Å². The number of benzene rings is 2. The summed E-state index contributed by atoms with van der Waals surface area (Å²) < 4.78 is 15.9. The van der Waals surface area contributed by atoms with E-state index in [-0.39, 0.29) is 12.5 Å². The number of ether oxygens (including phenoxy) is 3. The van der Waals surface area contributed by atoms with Crippen LogP contribution in [0.1, 0.15) is 12.5 Å². The fraction of sp³-hybridized carbons (Fsp3) is 0.278. The molecule has 24 heavy (non-hydrogen) atoms. The summed E-state index contributed by atoms with van der Waals surface area (Å²) in [5.41, 5.74) is 7.90. The molecule has 2 rings (SSSR count). The van der Waals surface area contributed by atoms with Crippen LogP contribution in [0.4, 0.5) is 11.4 Å². The number of nitrogens with one attached hydrogen (secondary N) is 1. The monoisotopic (exact) mass is 330 g/mol. The number of carbonyl (C=O) groups is 1. The highest BCUT2D eigenvalue weighted by molar-refractivity contribution is 5.95. The molecule has 0 aliphatic rings. The van der Waals surface area contributed by atoms with Gasteiger partial charge in [-0.2, -0.15) is 0 Å². The molecule has 6 nitrogen and oxygen atoms in total. The summed E-state index contributed by atoms with van der Waals surface area (Å²) in [6.07, 6.45) is 0.908. The van der Waals surface area contributed by atoms with Crippen molar-refractivity contribution in [2.45, 2.75) is 13.3 Å².